The van der Waals surface area contributed by atoms with E-state index in [4.69, 9.17) is 0 Å². The normalized spacial score (nSPS) is 10.7. The Bertz CT molecular complexity index is 633. The first-order valence-electron chi connectivity index (χ1n) is 8.71. The molecule has 0 aliphatic rings. The molecule has 0 bridgehead atoms. The second-order valence-electron chi connectivity index (χ2n) is 6.30. The molecule has 0 aliphatic carbocycles. The largest absolute Gasteiger partial charge is 0.384 e. The van der Waals surface area contributed by atoms with Crippen LogP contribution >= 0.6 is 0 Å². The maximum atomic E-state index is 12.2. The van der Waals surface area contributed by atoms with Gasteiger partial charge in [-0.3, -0.25) is 4.79 Å². The Hall–Kier alpha value is -2.36. The summed E-state index contributed by atoms with van der Waals surface area (Å²) in [5.41, 5.74) is 3.41. The number of carbonyl (C=O) groups excluding carboxylic acids is 1. The molecular weight excluding hydrogens is 298 g/mol. The highest BCUT2D eigenvalue weighted by molar-refractivity contribution is 6.02. The SMILES string of the molecule is CCCCCNc1ccc(C(=O)Nc2ccc(C(C)C)cc2)nc1. The molecule has 0 saturated heterocycles. The summed E-state index contributed by atoms with van der Waals surface area (Å²) in [6.07, 6.45) is 5.28. The number of unbranched alkanes of at least 4 members (excludes halogenated alkanes) is 2. The fourth-order valence-electron chi connectivity index (χ4n) is 2.39. The van der Waals surface area contributed by atoms with Crippen LogP contribution in [-0.2, 0) is 0 Å². The van der Waals surface area contributed by atoms with Crippen molar-refractivity contribution in [1.29, 1.82) is 0 Å². The van der Waals surface area contributed by atoms with Crippen molar-refractivity contribution in [3.05, 3.63) is 53.9 Å². The van der Waals surface area contributed by atoms with Gasteiger partial charge in [-0.15, -0.1) is 0 Å². The highest BCUT2D eigenvalue weighted by atomic mass is 16.1. The number of nitrogens with one attached hydrogen (secondary N) is 2. The molecule has 24 heavy (non-hydrogen) atoms. The summed E-state index contributed by atoms with van der Waals surface area (Å²) in [5.74, 6) is 0.290. The van der Waals surface area contributed by atoms with Gasteiger partial charge in [-0.2, -0.15) is 0 Å². The Morgan fingerprint density at radius 2 is 1.75 bits per heavy atom. The van der Waals surface area contributed by atoms with Gasteiger partial charge in [0.05, 0.1) is 11.9 Å². The summed E-state index contributed by atoms with van der Waals surface area (Å²) in [5, 5.41) is 6.20. The lowest BCUT2D eigenvalue weighted by Gasteiger charge is -2.09. The number of nitrogens with zero attached hydrogens (tertiary/aromatic N) is 1. The maximum absolute atomic E-state index is 12.2. The van der Waals surface area contributed by atoms with E-state index in [0.717, 1.165) is 24.3 Å². The lowest BCUT2D eigenvalue weighted by molar-refractivity contribution is 0.102. The van der Waals surface area contributed by atoms with Crippen molar-refractivity contribution in [3.8, 4) is 0 Å². The van der Waals surface area contributed by atoms with Crippen LogP contribution in [-0.4, -0.2) is 17.4 Å². The van der Waals surface area contributed by atoms with Gasteiger partial charge in [0.15, 0.2) is 0 Å². The van der Waals surface area contributed by atoms with E-state index in [1.54, 1.807) is 12.3 Å². The number of pyridine rings is 1. The number of hydrogen-bond acceptors (Lipinski definition) is 3. The smallest absolute Gasteiger partial charge is 0.274 e. The topological polar surface area (TPSA) is 54.0 Å². The lowest BCUT2D eigenvalue weighted by Crippen LogP contribution is -2.14. The van der Waals surface area contributed by atoms with Gasteiger partial charge < -0.3 is 10.6 Å². The molecule has 0 aliphatic heterocycles. The molecule has 4 heteroatoms. The Morgan fingerprint density at radius 1 is 1.04 bits per heavy atom. The number of rotatable bonds is 8. The fourth-order valence-corrected chi connectivity index (χ4v) is 2.39. The van der Waals surface area contributed by atoms with Gasteiger partial charge in [-0.05, 0) is 42.2 Å². The minimum atomic E-state index is -0.190. The van der Waals surface area contributed by atoms with Crippen LogP contribution in [0.25, 0.3) is 0 Å². The molecule has 0 atom stereocenters. The first kappa shape index (κ1) is 18.0. The Balaban J connectivity index is 1.90. The summed E-state index contributed by atoms with van der Waals surface area (Å²) in [6, 6.07) is 11.6. The molecule has 1 aromatic heterocycles. The molecular formula is C20H27N3O. The Labute approximate surface area is 144 Å². The number of anilines is 2. The number of carbonyl (C=O) groups is 1. The lowest BCUT2D eigenvalue weighted by atomic mass is 10.0. The van der Waals surface area contributed by atoms with Crippen LogP contribution in [0.15, 0.2) is 42.6 Å². The van der Waals surface area contributed by atoms with Crippen molar-refractivity contribution in [1.82, 2.24) is 4.98 Å². The van der Waals surface area contributed by atoms with Gasteiger partial charge in [-0.1, -0.05) is 45.7 Å². The van der Waals surface area contributed by atoms with E-state index < -0.39 is 0 Å². The summed E-state index contributed by atoms with van der Waals surface area (Å²) in [7, 11) is 0. The van der Waals surface area contributed by atoms with Crippen LogP contribution in [0.3, 0.4) is 0 Å². The molecule has 2 rings (SSSR count). The van der Waals surface area contributed by atoms with Gasteiger partial charge in [0, 0.05) is 12.2 Å². The molecule has 0 saturated carbocycles. The van der Waals surface area contributed by atoms with Gasteiger partial charge >= 0.3 is 0 Å². The molecule has 0 radical (unpaired) electrons. The summed E-state index contributed by atoms with van der Waals surface area (Å²) >= 11 is 0. The zero-order chi connectivity index (χ0) is 17.4. The van der Waals surface area contributed by atoms with E-state index in [2.05, 4.69) is 36.4 Å². The number of aromatic nitrogens is 1. The molecule has 0 unspecified atom stereocenters. The number of hydrogen-bond donors (Lipinski definition) is 2. The Morgan fingerprint density at radius 3 is 2.33 bits per heavy atom. The van der Waals surface area contributed by atoms with Gasteiger partial charge in [0.25, 0.3) is 5.91 Å². The molecule has 0 fully saturated rings. The van der Waals surface area contributed by atoms with Crippen molar-refractivity contribution < 1.29 is 4.79 Å². The summed E-state index contributed by atoms with van der Waals surface area (Å²) in [4.78, 5) is 16.5. The molecule has 1 heterocycles. The monoisotopic (exact) mass is 325 g/mol. The van der Waals surface area contributed by atoms with Gasteiger partial charge in [0.1, 0.15) is 5.69 Å². The van der Waals surface area contributed by atoms with Crippen LogP contribution in [0.1, 0.15) is 62.0 Å². The fraction of sp³-hybridized carbons (Fsp3) is 0.400. The zero-order valence-electron chi connectivity index (χ0n) is 14.8. The summed E-state index contributed by atoms with van der Waals surface area (Å²) in [6.45, 7) is 7.42. The van der Waals surface area contributed by atoms with Crippen LogP contribution in [0, 0.1) is 0 Å². The number of benzene rings is 1. The first-order valence-corrected chi connectivity index (χ1v) is 8.71. The third-order valence-corrected chi connectivity index (χ3v) is 3.94. The van der Waals surface area contributed by atoms with Crippen LogP contribution in [0.4, 0.5) is 11.4 Å². The van der Waals surface area contributed by atoms with Crippen LogP contribution in [0.2, 0.25) is 0 Å². The molecule has 128 valence electrons. The van der Waals surface area contributed by atoms with Crippen molar-refractivity contribution in [2.45, 2.75) is 46.0 Å². The van der Waals surface area contributed by atoms with Crippen molar-refractivity contribution in [2.75, 3.05) is 17.2 Å². The second-order valence-corrected chi connectivity index (χ2v) is 6.30. The molecule has 4 nitrogen and oxygen atoms in total. The van der Waals surface area contributed by atoms with E-state index in [1.807, 2.05) is 30.3 Å². The average Bonchev–Trinajstić information content (AvgIpc) is 2.59. The van der Waals surface area contributed by atoms with E-state index >= 15 is 0 Å². The van der Waals surface area contributed by atoms with Crippen LogP contribution < -0.4 is 10.6 Å². The predicted octanol–water partition coefficient (Wildman–Crippen LogP) is 5.06. The average molecular weight is 325 g/mol. The van der Waals surface area contributed by atoms with E-state index in [-0.39, 0.29) is 5.91 Å². The highest BCUT2D eigenvalue weighted by Gasteiger charge is 2.08. The van der Waals surface area contributed by atoms with Crippen molar-refractivity contribution in [2.24, 2.45) is 0 Å². The van der Waals surface area contributed by atoms with Gasteiger partial charge in [-0.25, -0.2) is 4.98 Å². The number of amides is 1. The third kappa shape index (κ3) is 5.37. The molecule has 1 aromatic carbocycles. The highest BCUT2D eigenvalue weighted by Crippen LogP contribution is 2.17. The predicted molar refractivity (Wildman–Crippen MR) is 101 cm³/mol. The zero-order valence-corrected chi connectivity index (χ0v) is 14.8. The van der Waals surface area contributed by atoms with Crippen molar-refractivity contribution >= 4 is 17.3 Å². The Kier molecular flexibility index (Phi) is 6.79. The van der Waals surface area contributed by atoms with Crippen molar-refractivity contribution in [3.63, 3.8) is 0 Å². The van der Waals surface area contributed by atoms with E-state index in [1.165, 1.54) is 18.4 Å². The minimum absolute atomic E-state index is 0.190. The summed E-state index contributed by atoms with van der Waals surface area (Å²) < 4.78 is 0. The van der Waals surface area contributed by atoms with Crippen LogP contribution in [0.5, 0.6) is 0 Å². The third-order valence-electron chi connectivity index (χ3n) is 3.94. The molecule has 0 spiro atoms. The quantitative estimate of drug-likeness (QED) is 0.667. The first-order chi connectivity index (χ1) is 11.6. The maximum Gasteiger partial charge on any atom is 0.274 e. The molecule has 2 N–H and O–H groups in total. The van der Waals surface area contributed by atoms with E-state index in [9.17, 15) is 4.79 Å². The minimum Gasteiger partial charge on any atom is -0.384 e. The standard InChI is InChI=1S/C20H27N3O/c1-4-5-6-13-21-18-11-12-19(22-14-18)20(24)23-17-9-7-16(8-10-17)15(2)3/h7-12,14-15,21H,4-6,13H2,1-3H3,(H,23,24). The molecule has 1 amide bonds. The second kappa shape index (κ2) is 9.06. The van der Waals surface area contributed by atoms with E-state index in [0.29, 0.717) is 11.6 Å². The van der Waals surface area contributed by atoms with Gasteiger partial charge in [0.2, 0.25) is 0 Å². The molecule has 2 aromatic rings.